The number of amides is 1. The van der Waals surface area contributed by atoms with Crippen molar-refractivity contribution in [3.05, 3.63) is 60.8 Å². The molecule has 0 aliphatic rings. The molecule has 0 aliphatic heterocycles. The van der Waals surface area contributed by atoms with Gasteiger partial charge in [0.15, 0.2) is 0 Å². The average Bonchev–Trinajstić information content (AvgIpc) is 2.87. The number of ether oxygens (including phenoxy) is 2. The lowest BCUT2D eigenvalue weighted by molar-refractivity contribution is -0.156. The lowest BCUT2D eigenvalue weighted by atomic mass is 9.87. The van der Waals surface area contributed by atoms with Gasteiger partial charge in [-0.15, -0.1) is 0 Å². The Morgan fingerprint density at radius 2 is 1.25 bits per heavy atom. The van der Waals surface area contributed by atoms with Crippen LogP contribution in [0.1, 0.15) is 99.3 Å². The van der Waals surface area contributed by atoms with Crippen molar-refractivity contribution in [2.45, 2.75) is 111 Å². The highest BCUT2D eigenvalue weighted by Gasteiger charge is 2.35. The van der Waals surface area contributed by atoms with Gasteiger partial charge in [-0.1, -0.05) is 81.5 Å². The molecular formula is C33H53NO6. The normalized spacial score (nSPS) is 13.7. The van der Waals surface area contributed by atoms with Crippen LogP contribution in [0.3, 0.4) is 0 Å². The van der Waals surface area contributed by atoms with E-state index in [1.165, 1.54) is 0 Å². The van der Waals surface area contributed by atoms with E-state index in [0.29, 0.717) is 6.42 Å². The van der Waals surface area contributed by atoms with Crippen LogP contribution in [0.5, 0.6) is 0 Å². The SMILES string of the molecule is CCC=CCC=CCC=CCC=CCC=CCCCC(=O)OCC(C)(C)[C@@H](O)C(=O)NCCC(=O)OC(C)(C)C. The summed E-state index contributed by atoms with van der Waals surface area (Å²) in [6.45, 7) is 10.7. The minimum Gasteiger partial charge on any atom is -0.465 e. The van der Waals surface area contributed by atoms with Gasteiger partial charge in [0, 0.05) is 18.4 Å². The number of hydrogen-bond donors (Lipinski definition) is 2. The van der Waals surface area contributed by atoms with E-state index in [4.69, 9.17) is 9.47 Å². The predicted octanol–water partition coefficient (Wildman–Crippen LogP) is 6.69. The van der Waals surface area contributed by atoms with Crippen LogP contribution in [0, 0.1) is 5.41 Å². The number of rotatable bonds is 20. The van der Waals surface area contributed by atoms with E-state index >= 15 is 0 Å². The first-order valence-electron chi connectivity index (χ1n) is 14.5. The Morgan fingerprint density at radius 3 is 1.75 bits per heavy atom. The molecule has 1 atom stereocenters. The van der Waals surface area contributed by atoms with E-state index in [1.54, 1.807) is 34.6 Å². The lowest BCUT2D eigenvalue weighted by Gasteiger charge is -2.29. The van der Waals surface area contributed by atoms with Crippen molar-refractivity contribution in [2.75, 3.05) is 13.2 Å². The third-order valence-corrected chi connectivity index (χ3v) is 5.55. The van der Waals surface area contributed by atoms with E-state index in [9.17, 15) is 19.5 Å². The van der Waals surface area contributed by atoms with Crippen molar-refractivity contribution in [1.29, 1.82) is 0 Å². The van der Waals surface area contributed by atoms with Gasteiger partial charge < -0.3 is 19.9 Å². The van der Waals surface area contributed by atoms with Gasteiger partial charge in [0.1, 0.15) is 11.7 Å². The molecule has 0 aromatic rings. The van der Waals surface area contributed by atoms with E-state index in [1.807, 2.05) is 0 Å². The highest BCUT2D eigenvalue weighted by atomic mass is 16.6. The number of carbonyl (C=O) groups is 3. The molecule has 2 N–H and O–H groups in total. The molecule has 0 aliphatic carbocycles. The molecule has 0 aromatic carbocycles. The first kappa shape index (κ1) is 37.1. The van der Waals surface area contributed by atoms with Crippen molar-refractivity contribution in [3.8, 4) is 0 Å². The Bertz CT molecular complexity index is 874. The van der Waals surface area contributed by atoms with Crippen LogP contribution in [-0.2, 0) is 23.9 Å². The van der Waals surface area contributed by atoms with Gasteiger partial charge in [0.2, 0.25) is 5.91 Å². The number of hydrogen-bond acceptors (Lipinski definition) is 6. The fourth-order valence-electron chi connectivity index (χ4n) is 3.28. The van der Waals surface area contributed by atoms with Gasteiger partial charge in [0.25, 0.3) is 0 Å². The number of nitrogens with one attached hydrogen (secondary N) is 1. The van der Waals surface area contributed by atoms with E-state index in [2.05, 4.69) is 73.0 Å². The number of aliphatic hydroxyl groups is 1. The standard InChI is InChI=1S/C33H53NO6/c1-7-8-9-10-11-12-13-14-15-16-17-18-19-20-21-22-23-24-28(35)39-27-33(5,6)30(37)31(38)34-26-25-29(36)40-32(2,3)4/h8-9,11-12,14-15,17-18,20-21,30,37H,7,10,13,16,19,22-27H2,1-6H3,(H,34,38)/t30-/m0/s1. The molecule has 0 saturated heterocycles. The second-order valence-electron chi connectivity index (χ2n) is 11.3. The van der Waals surface area contributed by atoms with E-state index < -0.39 is 29.0 Å². The van der Waals surface area contributed by atoms with Crippen LogP contribution in [-0.4, -0.2) is 47.8 Å². The zero-order valence-corrected chi connectivity index (χ0v) is 25.6. The molecule has 40 heavy (non-hydrogen) atoms. The van der Waals surface area contributed by atoms with Gasteiger partial charge in [-0.25, -0.2) is 0 Å². The second-order valence-corrected chi connectivity index (χ2v) is 11.3. The molecule has 0 aromatic heterocycles. The smallest absolute Gasteiger partial charge is 0.308 e. The zero-order valence-electron chi connectivity index (χ0n) is 25.6. The molecule has 0 radical (unpaired) electrons. The molecule has 0 bridgehead atoms. The molecule has 0 saturated carbocycles. The Kier molecular flexibility index (Phi) is 20.2. The number of aliphatic hydroxyl groups excluding tert-OH is 1. The maximum Gasteiger partial charge on any atom is 0.308 e. The topological polar surface area (TPSA) is 102 Å². The molecule has 0 fully saturated rings. The van der Waals surface area contributed by atoms with Crippen molar-refractivity contribution in [1.82, 2.24) is 5.32 Å². The van der Waals surface area contributed by atoms with Gasteiger partial charge in [-0.05, 0) is 65.7 Å². The Morgan fingerprint density at radius 1 is 0.750 bits per heavy atom. The third kappa shape index (κ3) is 21.9. The summed E-state index contributed by atoms with van der Waals surface area (Å²) in [5.41, 5.74) is -1.57. The fraction of sp³-hybridized carbons (Fsp3) is 0.606. The largest absolute Gasteiger partial charge is 0.465 e. The second kappa shape index (κ2) is 21.8. The molecule has 7 heteroatoms. The van der Waals surface area contributed by atoms with Crippen LogP contribution in [0.15, 0.2) is 60.8 Å². The number of unbranched alkanes of at least 4 members (excludes halogenated alkanes) is 1. The maximum atomic E-state index is 12.3. The number of allylic oxidation sites excluding steroid dienone is 10. The summed E-state index contributed by atoms with van der Waals surface area (Å²) in [5, 5.41) is 12.9. The minimum absolute atomic E-state index is 0.00301. The van der Waals surface area contributed by atoms with Crippen LogP contribution in [0.2, 0.25) is 0 Å². The number of esters is 2. The third-order valence-electron chi connectivity index (χ3n) is 5.55. The highest BCUT2D eigenvalue weighted by Crippen LogP contribution is 2.22. The summed E-state index contributed by atoms with van der Waals surface area (Å²) in [5.74, 6) is -1.42. The quantitative estimate of drug-likeness (QED) is 0.0979. The van der Waals surface area contributed by atoms with E-state index in [-0.39, 0.29) is 32.0 Å². The Hall–Kier alpha value is -2.93. The molecule has 7 nitrogen and oxygen atoms in total. The van der Waals surface area contributed by atoms with Crippen molar-refractivity contribution < 1.29 is 29.0 Å². The van der Waals surface area contributed by atoms with Crippen molar-refractivity contribution in [2.24, 2.45) is 5.41 Å². The summed E-state index contributed by atoms with van der Waals surface area (Å²) < 4.78 is 10.5. The monoisotopic (exact) mass is 559 g/mol. The molecule has 0 heterocycles. The predicted molar refractivity (Wildman–Crippen MR) is 163 cm³/mol. The van der Waals surface area contributed by atoms with Gasteiger partial charge in [0.05, 0.1) is 13.0 Å². The molecular weight excluding hydrogens is 506 g/mol. The molecule has 0 spiro atoms. The fourth-order valence-corrected chi connectivity index (χ4v) is 3.28. The molecule has 1 amide bonds. The van der Waals surface area contributed by atoms with Crippen molar-refractivity contribution in [3.63, 3.8) is 0 Å². The highest BCUT2D eigenvalue weighted by molar-refractivity contribution is 5.82. The average molecular weight is 560 g/mol. The summed E-state index contributed by atoms with van der Waals surface area (Å²) in [6.07, 6.45) is 26.6. The minimum atomic E-state index is -1.39. The van der Waals surface area contributed by atoms with Crippen LogP contribution in [0.25, 0.3) is 0 Å². The Labute approximate surface area is 242 Å². The lowest BCUT2D eigenvalue weighted by Crippen LogP contribution is -2.46. The molecule has 0 rings (SSSR count). The van der Waals surface area contributed by atoms with Crippen LogP contribution in [0.4, 0.5) is 0 Å². The first-order chi connectivity index (χ1) is 18.9. The van der Waals surface area contributed by atoms with Gasteiger partial charge >= 0.3 is 11.9 Å². The van der Waals surface area contributed by atoms with Gasteiger partial charge in [-0.2, -0.15) is 0 Å². The molecule has 226 valence electrons. The first-order valence-corrected chi connectivity index (χ1v) is 14.5. The van der Waals surface area contributed by atoms with Crippen LogP contribution < -0.4 is 5.32 Å². The van der Waals surface area contributed by atoms with E-state index in [0.717, 1.165) is 38.5 Å². The van der Waals surface area contributed by atoms with Crippen molar-refractivity contribution >= 4 is 17.8 Å². The molecule has 0 unspecified atom stereocenters. The summed E-state index contributed by atoms with van der Waals surface area (Å²) >= 11 is 0. The van der Waals surface area contributed by atoms with Gasteiger partial charge in [-0.3, -0.25) is 14.4 Å². The number of carbonyl (C=O) groups excluding carboxylic acids is 3. The Balaban J connectivity index is 4.03. The van der Waals surface area contributed by atoms with Crippen LogP contribution >= 0.6 is 0 Å². The maximum absolute atomic E-state index is 12.3. The summed E-state index contributed by atoms with van der Waals surface area (Å²) in [7, 11) is 0. The summed E-state index contributed by atoms with van der Waals surface area (Å²) in [4.78, 5) is 36.1. The summed E-state index contributed by atoms with van der Waals surface area (Å²) in [6, 6.07) is 0. The zero-order chi connectivity index (χ0) is 30.3.